The zero-order valence-electron chi connectivity index (χ0n) is 26.2. The van der Waals surface area contributed by atoms with E-state index in [0.717, 1.165) is 66.3 Å². The predicted octanol–water partition coefficient (Wildman–Crippen LogP) is 10.3. The molecule has 9 rings (SSSR count). The van der Waals surface area contributed by atoms with Crippen LogP contribution < -0.4 is 4.90 Å². The Hall–Kier alpha value is -6.72. The summed E-state index contributed by atoms with van der Waals surface area (Å²) in [5, 5.41) is 13.2. The van der Waals surface area contributed by atoms with E-state index in [0.29, 0.717) is 16.8 Å². The molecule has 49 heavy (non-hydrogen) atoms. The molecule has 1 aromatic heterocycles. The summed E-state index contributed by atoms with van der Waals surface area (Å²) in [7, 11) is 0. The van der Waals surface area contributed by atoms with Gasteiger partial charge in [0.05, 0.1) is 16.8 Å². The van der Waals surface area contributed by atoms with Crippen molar-refractivity contribution in [3.63, 3.8) is 0 Å². The first kappa shape index (κ1) is 28.5. The number of imide groups is 1. The summed E-state index contributed by atoms with van der Waals surface area (Å²) in [6.07, 6.45) is 0. The van der Waals surface area contributed by atoms with Crippen LogP contribution in [-0.2, 0) is 0 Å². The van der Waals surface area contributed by atoms with Gasteiger partial charge in [0.15, 0.2) is 0 Å². The van der Waals surface area contributed by atoms with Crippen LogP contribution in [0.2, 0.25) is 0 Å². The van der Waals surface area contributed by atoms with E-state index in [9.17, 15) is 9.59 Å². The molecule has 2 heterocycles. The van der Waals surface area contributed by atoms with E-state index in [-0.39, 0.29) is 11.8 Å². The highest BCUT2D eigenvalue weighted by Gasteiger charge is 2.42. The number of carbonyl (C=O) groups is 2. The SMILES string of the molecule is O=C1c2c(c(-c3ccccc3)c3cc4c(-c5ccccc5)nnc(-c5ccccc5)c4cc3c2-c2ccccc2)C(=O)N1c1ccccc1. The van der Waals surface area contributed by atoms with E-state index in [4.69, 9.17) is 10.2 Å². The maximum Gasteiger partial charge on any atom is 0.266 e. The molecule has 7 aromatic carbocycles. The van der Waals surface area contributed by atoms with Crippen molar-refractivity contribution < 1.29 is 9.59 Å². The number of benzene rings is 7. The highest BCUT2D eigenvalue weighted by Crippen LogP contribution is 2.48. The monoisotopic (exact) mass is 629 g/mol. The first-order chi connectivity index (χ1) is 24.2. The van der Waals surface area contributed by atoms with Gasteiger partial charge in [-0.05, 0) is 46.2 Å². The van der Waals surface area contributed by atoms with Crippen molar-refractivity contribution in [2.75, 3.05) is 4.90 Å². The predicted molar refractivity (Wildman–Crippen MR) is 196 cm³/mol. The second-order valence-electron chi connectivity index (χ2n) is 12.1. The molecule has 0 radical (unpaired) electrons. The van der Waals surface area contributed by atoms with Crippen molar-refractivity contribution in [2.45, 2.75) is 0 Å². The Labute approximate surface area is 282 Å². The van der Waals surface area contributed by atoms with E-state index in [1.54, 1.807) is 12.1 Å². The van der Waals surface area contributed by atoms with Gasteiger partial charge in [-0.1, -0.05) is 140 Å². The molecule has 0 unspecified atom stereocenters. The van der Waals surface area contributed by atoms with Gasteiger partial charge in [0.2, 0.25) is 0 Å². The van der Waals surface area contributed by atoms with Crippen molar-refractivity contribution in [1.82, 2.24) is 10.2 Å². The van der Waals surface area contributed by atoms with E-state index < -0.39 is 0 Å². The van der Waals surface area contributed by atoms with Crippen LogP contribution >= 0.6 is 0 Å². The number of amides is 2. The Balaban J connectivity index is 1.50. The fourth-order valence-corrected chi connectivity index (χ4v) is 7.12. The number of aromatic nitrogens is 2. The van der Waals surface area contributed by atoms with Crippen molar-refractivity contribution >= 4 is 39.0 Å². The molecule has 0 atom stereocenters. The Bertz CT molecular complexity index is 2390. The van der Waals surface area contributed by atoms with Gasteiger partial charge in [-0.2, -0.15) is 0 Å². The third kappa shape index (κ3) is 4.55. The standard InChI is InChI=1S/C44H27N3O2/c48-43-39-37(28-16-6-1-7-17-28)33-26-35-36(42(31-22-12-4-13-23-31)46-45-41(35)30-20-10-3-11-21-30)27-34(33)38(29-18-8-2-9-19-29)40(39)44(49)47(43)32-24-14-5-15-25-32/h1-27H. The topological polar surface area (TPSA) is 63.2 Å². The summed E-state index contributed by atoms with van der Waals surface area (Å²) in [5.41, 5.74) is 7.84. The van der Waals surface area contributed by atoms with Gasteiger partial charge in [-0.15, -0.1) is 10.2 Å². The van der Waals surface area contributed by atoms with E-state index in [1.807, 2.05) is 140 Å². The van der Waals surface area contributed by atoms with Gasteiger partial charge in [-0.3, -0.25) is 9.59 Å². The molecule has 0 aliphatic carbocycles. The molecule has 230 valence electrons. The molecule has 1 aliphatic heterocycles. The highest BCUT2D eigenvalue weighted by atomic mass is 16.2. The number of para-hydroxylation sites is 1. The van der Waals surface area contributed by atoms with Gasteiger partial charge < -0.3 is 0 Å². The van der Waals surface area contributed by atoms with Crippen LogP contribution in [0.1, 0.15) is 20.7 Å². The Morgan fingerprint density at radius 3 is 1.04 bits per heavy atom. The first-order valence-electron chi connectivity index (χ1n) is 16.2. The minimum absolute atomic E-state index is 0.342. The number of nitrogens with zero attached hydrogens (tertiary/aromatic N) is 3. The van der Waals surface area contributed by atoms with Gasteiger partial charge in [0.1, 0.15) is 11.4 Å². The molecule has 0 bridgehead atoms. The largest absolute Gasteiger partial charge is 0.268 e. The molecular formula is C44H27N3O2. The summed E-state index contributed by atoms with van der Waals surface area (Å²) < 4.78 is 0. The summed E-state index contributed by atoms with van der Waals surface area (Å²) in [6.45, 7) is 0. The normalized spacial score (nSPS) is 12.5. The molecule has 5 heteroatoms. The Kier molecular flexibility index (Phi) is 6.69. The molecule has 8 aromatic rings. The fourth-order valence-electron chi connectivity index (χ4n) is 7.12. The summed E-state index contributed by atoms with van der Waals surface area (Å²) >= 11 is 0. The molecule has 1 aliphatic rings. The van der Waals surface area contributed by atoms with Gasteiger partial charge in [-0.25, -0.2) is 4.90 Å². The maximum absolute atomic E-state index is 14.7. The minimum atomic E-state index is -0.342. The van der Waals surface area contributed by atoms with E-state index >= 15 is 0 Å². The zero-order valence-corrected chi connectivity index (χ0v) is 26.2. The molecule has 0 saturated carbocycles. The van der Waals surface area contributed by atoms with Crippen LogP contribution in [-0.4, -0.2) is 22.0 Å². The van der Waals surface area contributed by atoms with Gasteiger partial charge in [0, 0.05) is 33.0 Å². The lowest BCUT2D eigenvalue weighted by molar-refractivity contribution is 0.0926. The Morgan fingerprint density at radius 2 is 0.673 bits per heavy atom. The molecule has 0 N–H and O–H groups in total. The van der Waals surface area contributed by atoms with Crippen LogP contribution in [0.25, 0.3) is 66.3 Å². The smallest absolute Gasteiger partial charge is 0.266 e. The average Bonchev–Trinajstić information content (AvgIpc) is 3.43. The van der Waals surface area contributed by atoms with E-state index in [2.05, 4.69) is 12.1 Å². The minimum Gasteiger partial charge on any atom is -0.268 e. The second-order valence-corrected chi connectivity index (χ2v) is 12.1. The molecule has 5 nitrogen and oxygen atoms in total. The highest BCUT2D eigenvalue weighted by molar-refractivity contribution is 6.41. The molecule has 0 saturated heterocycles. The molecule has 0 fully saturated rings. The summed E-state index contributed by atoms with van der Waals surface area (Å²) in [6, 6.07) is 53.3. The molecular weight excluding hydrogens is 603 g/mol. The van der Waals surface area contributed by atoms with Gasteiger partial charge in [0.25, 0.3) is 11.8 Å². The Morgan fingerprint density at radius 1 is 0.347 bits per heavy atom. The number of carbonyl (C=O) groups excluding carboxylic acids is 2. The number of hydrogen-bond donors (Lipinski definition) is 0. The third-order valence-corrected chi connectivity index (χ3v) is 9.27. The number of hydrogen-bond acceptors (Lipinski definition) is 4. The quantitative estimate of drug-likeness (QED) is 0.140. The van der Waals surface area contributed by atoms with Crippen LogP contribution in [0, 0.1) is 0 Å². The lowest BCUT2D eigenvalue weighted by Gasteiger charge is -2.19. The lowest BCUT2D eigenvalue weighted by Crippen LogP contribution is -2.29. The van der Waals surface area contributed by atoms with Crippen molar-refractivity contribution in [3.8, 4) is 44.8 Å². The third-order valence-electron chi connectivity index (χ3n) is 9.27. The molecule has 2 amide bonds. The maximum atomic E-state index is 14.7. The van der Waals surface area contributed by atoms with Crippen LogP contribution in [0.3, 0.4) is 0 Å². The van der Waals surface area contributed by atoms with Crippen molar-refractivity contribution in [3.05, 3.63) is 175 Å². The van der Waals surface area contributed by atoms with Crippen molar-refractivity contribution in [2.24, 2.45) is 0 Å². The summed E-state index contributed by atoms with van der Waals surface area (Å²) in [4.78, 5) is 30.7. The number of rotatable bonds is 5. The van der Waals surface area contributed by atoms with E-state index in [1.165, 1.54) is 4.90 Å². The van der Waals surface area contributed by atoms with Crippen LogP contribution in [0.4, 0.5) is 5.69 Å². The van der Waals surface area contributed by atoms with Crippen molar-refractivity contribution in [1.29, 1.82) is 0 Å². The number of anilines is 1. The van der Waals surface area contributed by atoms with Crippen LogP contribution in [0.5, 0.6) is 0 Å². The number of fused-ring (bicyclic) bond motifs is 3. The van der Waals surface area contributed by atoms with Crippen LogP contribution in [0.15, 0.2) is 164 Å². The lowest BCUT2D eigenvalue weighted by atomic mass is 9.83. The first-order valence-corrected chi connectivity index (χ1v) is 16.2. The molecule has 0 spiro atoms. The average molecular weight is 630 g/mol. The zero-order chi connectivity index (χ0) is 32.9. The second kappa shape index (κ2) is 11.5. The van der Waals surface area contributed by atoms with Gasteiger partial charge >= 0.3 is 0 Å². The fraction of sp³-hybridized carbons (Fsp3) is 0. The summed E-state index contributed by atoms with van der Waals surface area (Å²) in [5.74, 6) is -0.685.